The molecule has 2 rings (SSSR count). The molecule has 0 heterocycles. The van der Waals surface area contributed by atoms with E-state index in [4.69, 9.17) is 0 Å². The number of halogens is 1. The maximum atomic E-state index is 10.1. The maximum absolute atomic E-state index is 10.1. The Bertz CT molecular complexity index is 369. The Labute approximate surface area is 112 Å². The molecule has 0 spiro atoms. The molecule has 1 aromatic carbocycles. The number of benzene rings is 1. The first-order chi connectivity index (χ1) is 8.15. The maximum Gasteiger partial charge on any atom is 0.0914 e. The highest BCUT2D eigenvalue weighted by molar-refractivity contribution is 9.10. The van der Waals surface area contributed by atoms with Crippen molar-refractivity contribution in [2.45, 2.75) is 38.3 Å². The lowest BCUT2D eigenvalue weighted by Crippen LogP contribution is -2.30. The van der Waals surface area contributed by atoms with Crippen LogP contribution in [0.25, 0.3) is 0 Å². The molecule has 3 atom stereocenters. The van der Waals surface area contributed by atoms with E-state index in [1.165, 1.54) is 19.3 Å². The molecule has 94 valence electrons. The Kier molecular flexibility index (Phi) is 4.60. The quantitative estimate of drug-likeness (QED) is 0.894. The van der Waals surface area contributed by atoms with E-state index in [9.17, 15) is 5.11 Å². The van der Waals surface area contributed by atoms with Crippen LogP contribution in [0.1, 0.15) is 37.9 Å². The lowest BCUT2D eigenvalue weighted by Gasteiger charge is -2.17. The second-order valence-electron chi connectivity index (χ2n) is 5.09. The Morgan fingerprint density at radius 3 is 2.94 bits per heavy atom. The molecular formula is C14H20BrNO. The highest BCUT2D eigenvalue weighted by atomic mass is 79.9. The molecule has 0 aliphatic heterocycles. The normalized spacial score (nSPS) is 26.1. The first-order valence-electron chi connectivity index (χ1n) is 6.32. The molecule has 1 saturated carbocycles. The van der Waals surface area contributed by atoms with Crippen LogP contribution >= 0.6 is 15.9 Å². The summed E-state index contributed by atoms with van der Waals surface area (Å²) in [5.74, 6) is 0.829. The summed E-state index contributed by atoms with van der Waals surface area (Å²) in [5, 5.41) is 13.6. The van der Waals surface area contributed by atoms with E-state index in [1.54, 1.807) is 0 Å². The molecule has 0 bridgehead atoms. The van der Waals surface area contributed by atoms with Gasteiger partial charge in [0.25, 0.3) is 0 Å². The molecule has 1 aromatic rings. The second-order valence-corrected chi connectivity index (χ2v) is 6.01. The van der Waals surface area contributed by atoms with Crippen molar-refractivity contribution in [2.24, 2.45) is 5.92 Å². The van der Waals surface area contributed by atoms with Gasteiger partial charge in [0, 0.05) is 17.1 Å². The molecule has 3 unspecified atom stereocenters. The van der Waals surface area contributed by atoms with Gasteiger partial charge in [0.05, 0.1) is 6.10 Å². The fraction of sp³-hybridized carbons (Fsp3) is 0.571. The van der Waals surface area contributed by atoms with Crippen LogP contribution in [-0.4, -0.2) is 17.7 Å². The van der Waals surface area contributed by atoms with Crippen molar-refractivity contribution in [3.8, 4) is 0 Å². The Morgan fingerprint density at radius 2 is 2.29 bits per heavy atom. The fourth-order valence-electron chi connectivity index (χ4n) is 2.50. The predicted octanol–water partition coefficient (Wildman–Crippen LogP) is 3.26. The second kappa shape index (κ2) is 5.98. The highest BCUT2D eigenvalue weighted by Crippen LogP contribution is 2.25. The number of aliphatic hydroxyl groups is 1. The average molecular weight is 298 g/mol. The summed E-state index contributed by atoms with van der Waals surface area (Å²) >= 11 is 3.42. The summed E-state index contributed by atoms with van der Waals surface area (Å²) in [5.41, 5.74) is 0.970. The lowest BCUT2D eigenvalue weighted by atomic mass is 10.1. The van der Waals surface area contributed by atoms with E-state index >= 15 is 0 Å². The van der Waals surface area contributed by atoms with E-state index in [0.29, 0.717) is 12.6 Å². The molecule has 0 aromatic heterocycles. The standard InChI is InChI=1S/C14H20BrNO/c1-10-5-6-13(7-10)16-9-14(17)11-3-2-4-12(15)8-11/h2-4,8,10,13-14,16-17H,5-7,9H2,1H3. The van der Waals surface area contributed by atoms with E-state index in [-0.39, 0.29) is 0 Å². The monoisotopic (exact) mass is 297 g/mol. The van der Waals surface area contributed by atoms with Gasteiger partial charge in [-0.2, -0.15) is 0 Å². The van der Waals surface area contributed by atoms with Crippen LogP contribution in [0.5, 0.6) is 0 Å². The van der Waals surface area contributed by atoms with Crippen LogP contribution in [0.4, 0.5) is 0 Å². The molecule has 17 heavy (non-hydrogen) atoms. The van der Waals surface area contributed by atoms with Crippen molar-refractivity contribution in [1.29, 1.82) is 0 Å². The van der Waals surface area contributed by atoms with Gasteiger partial charge in [-0.15, -0.1) is 0 Å². The molecule has 1 aliphatic carbocycles. The van der Waals surface area contributed by atoms with Crippen molar-refractivity contribution in [1.82, 2.24) is 5.32 Å². The van der Waals surface area contributed by atoms with Gasteiger partial charge >= 0.3 is 0 Å². The highest BCUT2D eigenvalue weighted by Gasteiger charge is 2.21. The van der Waals surface area contributed by atoms with Crippen LogP contribution in [0.2, 0.25) is 0 Å². The topological polar surface area (TPSA) is 32.3 Å². The van der Waals surface area contributed by atoms with Gasteiger partial charge in [0.15, 0.2) is 0 Å². The zero-order chi connectivity index (χ0) is 12.3. The zero-order valence-corrected chi connectivity index (χ0v) is 11.8. The summed E-state index contributed by atoms with van der Waals surface area (Å²) in [6, 6.07) is 8.47. The van der Waals surface area contributed by atoms with Crippen molar-refractivity contribution in [2.75, 3.05) is 6.54 Å². The fourth-order valence-corrected chi connectivity index (χ4v) is 2.92. The summed E-state index contributed by atoms with van der Waals surface area (Å²) in [4.78, 5) is 0. The number of aliphatic hydroxyl groups excluding tert-OH is 1. The predicted molar refractivity (Wildman–Crippen MR) is 73.9 cm³/mol. The van der Waals surface area contributed by atoms with Gasteiger partial charge in [0.2, 0.25) is 0 Å². The Balaban J connectivity index is 1.83. The summed E-state index contributed by atoms with van der Waals surface area (Å²) in [6.45, 7) is 2.94. The van der Waals surface area contributed by atoms with Gasteiger partial charge in [-0.05, 0) is 42.9 Å². The van der Waals surface area contributed by atoms with Crippen LogP contribution in [-0.2, 0) is 0 Å². The summed E-state index contributed by atoms with van der Waals surface area (Å²) in [6.07, 6.45) is 3.38. The number of hydrogen-bond acceptors (Lipinski definition) is 2. The first-order valence-corrected chi connectivity index (χ1v) is 7.11. The van der Waals surface area contributed by atoms with Crippen molar-refractivity contribution < 1.29 is 5.11 Å². The van der Waals surface area contributed by atoms with Gasteiger partial charge in [0.1, 0.15) is 0 Å². The zero-order valence-electron chi connectivity index (χ0n) is 10.2. The molecule has 2 N–H and O–H groups in total. The minimum Gasteiger partial charge on any atom is -0.387 e. The molecule has 2 nitrogen and oxygen atoms in total. The molecule has 3 heteroatoms. The largest absolute Gasteiger partial charge is 0.387 e. The van der Waals surface area contributed by atoms with Crippen LogP contribution in [0.15, 0.2) is 28.7 Å². The SMILES string of the molecule is CC1CCC(NCC(O)c2cccc(Br)c2)C1. The van der Waals surface area contributed by atoms with Gasteiger partial charge in [-0.3, -0.25) is 0 Å². The van der Waals surface area contributed by atoms with E-state index in [2.05, 4.69) is 28.2 Å². The third-order valence-electron chi connectivity index (χ3n) is 3.53. The van der Waals surface area contributed by atoms with E-state index in [0.717, 1.165) is 16.0 Å². The van der Waals surface area contributed by atoms with Gasteiger partial charge in [-0.25, -0.2) is 0 Å². The number of rotatable bonds is 4. The van der Waals surface area contributed by atoms with Gasteiger partial charge in [-0.1, -0.05) is 35.0 Å². The summed E-state index contributed by atoms with van der Waals surface area (Å²) in [7, 11) is 0. The minimum atomic E-state index is -0.414. The summed E-state index contributed by atoms with van der Waals surface area (Å²) < 4.78 is 1.02. The van der Waals surface area contributed by atoms with Crippen molar-refractivity contribution in [3.05, 3.63) is 34.3 Å². The van der Waals surface area contributed by atoms with E-state index in [1.807, 2.05) is 24.3 Å². The third-order valence-corrected chi connectivity index (χ3v) is 4.02. The Morgan fingerprint density at radius 1 is 1.47 bits per heavy atom. The number of hydrogen-bond donors (Lipinski definition) is 2. The smallest absolute Gasteiger partial charge is 0.0914 e. The molecular weight excluding hydrogens is 278 g/mol. The average Bonchev–Trinajstić information content (AvgIpc) is 2.72. The minimum absolute atomic E-state index is 0.414. The van der Waals surface area contributed by atoms with E-state index < -0.39 is 6.10 Å². The van der Waals surface area contributed by atoms with Gasteiger partial charge < -0.3 is 10.4 Å². The molecule has 0 saturated heterocycles. The van der Waals surface area contributed by atoms with Crippen LogP contribution in [0.3, 0.4) is 0 Å². The lowest BCUT2D eigenvalue weighted by molar-refractivity contribution is 0.169. The molecule has 1 fully saturated rings. The third kappa shape index (κ3) is 3.80. The van der Waals surface area contributed by atoms with Crippen LogP contribution in [0, 0.1) is 5.92 Å². The van der Waals surface area contributed by atoms with Crippen molar-refractivity contribution >= 4 is 15.9 Å². The molecule has 0 amide bonds. The van der Waals surface area contributed by atoms with Crippen LogP contribution < -0.4 is 5.32 Å². The number of nitrogens with one attached hydrogen (secondary N) is 1. The molecule has 1 aliphatic rings. The first kappa shape index (κ1) is 13.1. The Hall–Kier alpha value is -0.380. The van der Waals surface area contributed by atoms with Crippen molar-refractivity contribution in [3.63, 3.8) is 0 Å². The molecule has 0 radical (unpaired) electrons.